The summed E-state index contributed by atoms with van der Waals surface area (Å²) >= 11 is 1.33. The maximum absolute atomic E-state index is 12.8. The van der Waals surface area contributed by atoms with Crippen LogP contribution in [0.4, 0.5) is 0 Å². The van der Waals surface area contributed by atoms with Gasteiger partial charge in [-0.15, -0.1) is 11.3 Å². The molecule has 1 atom stereocenters. The third kappa shape index (κ3) is 5.08. The number of carbonyl (C=O) groups excluding carboxylic acids is 2. The van der Waals surface area contributed by atoms with Gasteiger partial charge >= 0.3 is 5.97 Å². The smallest absolute Gasteiger partial charge is 0.329 e. The lowest BCUT2D eigenvalue weighted by molar-refractivity contribution is -0.148. The van der Waals surface area contributed by atoms with E-state index in [1.165, 1.54) is 36.0 Å². The van der Waals surface area contributed by atoms with Crippen LogP contribution >= 0.6 is 11.3 Å². The highest BCUT2D eigenvalue weighted by Crippen LogP contribution is 2.23. The molecular formula is C22H25N3O6S. The number of aromatic nitrogens is 2. The predicted octanol–water partition coefficient (Wildman–Crippen LogP) is 2.58. The molecule has 0 fully saturated rings. The summed E-state index contributed by atoms with van der Waals surface area (Å²) in [6.07, 6.45) is 0. The Morgan fingerprint density at radius 1 is 1.12 bits per heavy atom. The largest absolute Gasteiger partial charge is 0.497 e. The van der Waals surface area contributed by atoms with Crippen LogP contribution in [0.3, 0.4) is 0 Å². The van der Waals surface area contributed by atoms with Gasteiger partial charge in [0.25, 0.3) is 11.5 Å². The van der Waals surface area contributed by atoms with Crippen LogP contribution in [0.1, 0.15) is 35.6 Å². The summed E-state index contributed by atoms with van der Waals surface area (Å²) < 4.78 is 17.3. The van der Waals surface area contributed by atoms with E-state index >= 15 is 0 Å². The van der Waals surface area contributed by atoms with Gasteiger partial charge in [0.1, 0.15) is 24.1 Å². The van der Waals surface area contributed by atoms with Crippen LogP contribution in [0.15, 0.2) is 34.4 Å². The molecule has 0 spiro atoms. The zero-order chi connectivity index (χ0) is 23.4. The van der Waals surface area contributed by atoms with E-state index in [9.17, 15) is 14.4 Å². The third-order valence-corrected chi connectivity index (χ3v) is 5.76. The molecule has 170 valence electrons. The monoisotopic (exact) mass is 459 g/mol. The van der Waals surface area contributed by atoms with Crippen molar-refractivity contribution >= 4 is 28.2 Å². The third-order valence-electron chi connectivity index (χ3n) is 4.81. The number of nitrogens with one attached hydrogen (secondary N) is 1. The highest BCUT2D eigenvalue weighted by molar-refractivity contribution is 7.15. The number of benzene rings is 1. The lowest BCUT2D eigenvalue weighted by Gasteiger charge is -2.21. The van der Waals surface area contributed by atoms with Gasteiger partial charge in [-0.05, 0) is 25.0 Å². The van der Waals surface area contributed by atoms with Gasteiger partial charge in [-0.25, -0.2) is 9.78 Å². The molecule has 9 nitrogen and oxygen atoms in total. The molecule has 0 aliphatic rings. The number of esters is 1. The molecule has 1 N–H and O–H groups in total. The summed E-state index contributed by atoms with van der Waals surface area (Å²) in [6.45, 7) is 5.24. The van der Waals surface area contributed by atoms with Crippen molar-refractivity contribution in [2.24, 2.45) is 5.92 Å². The van der Waals surface area contributed by atoms with Crippen LogP contribution < -0.4 is 20.3 Å². The van der Waals surface area contributed by atoms with E-state index in [0.717, 1.165) is 5.69 Å². The molecule has 0 aliphatic carbocycles. The molecule has 2 aromatic heterocycles. The number of carbonyl (C=O) groups is 2. The topological polar surface area (TPSA) is 108 Å². The molecule has 0 unspecified atom stereocenters. The number of hydrogen-bond donors (Lipinski definition) is 1. The van der Waals surface area contributed by atoms with Crippen molar-refractivity contribution in [2.75, 3.05) is 14.2 Å². The Balaban J connectivity index is 1.72. The first-order valence-corrected chi connectivity index (χ1v) is 10.8. The van der Waals surface area contributed by atoms with Gasteiger partial charge in [-0.2, -0.15) is 0 Å². The van der Waals surface area contributed by atoms with Crippen molar-refractivity contribution in [2.45, 2.75) is 33.4 Å². The standard InChI is InChI=1S/C22H25N3O6S/c1-12(2)19(24-20(27)14-6-16(29-4)9-17(7-14)30-5)21(28)31-10-15-8-18(26)25-13(3)11-32-22(25)23-15/h6-9,11-12,19H,10H2,1-5H3,(H,24,27)/t19-/m0/s1. The quantitative estimate of drug-likeness (QED) is 0.516. The van der Waals surface area contributed by atoms with Crippen molar-refractivity contribution < 1.29 is 23.8 Å². The average molecular weight is 460 g/mol. The Bertz CT molecular complexity index is 1180. The minimum absolute atomic E-state index is 0.173. The highest BCUT2D eigenvalue weighted by Gasteiger charge is 2.27. The first-order valence-electron chi connectivity index (χ1n) is 9.90. The average Bonchev–Trinajstić information content (AvgIpc) is 3.15. The number of thiazole rings is 1. The minimum atomic E-state index is -0.895. The maximum atomic E-state index is 12.8. The van der Waals surface area contributed by atoms with Crippen molar-refractivity contribution in [1.29, 1.82) is 0 Å². The van der Waals surface area contributed by atoms with E-state index in [-0.39, 0.29) is 23.6 Å². The fraction of sp³-hybridized carbons (Fsp3) is 0.364. The zero-order valence-electron chi connectivity index (χ0n) is 18.5. The van der Waals surface area contributed by atoms with Crippen LogP contribution in [0, 0.1) is 12.8 Å². The van der Waals surface area contributed by atoms with Crippen LogP contribution in [0.2, 0.25) is 0 Å². The number of amides is 1. The van der Waals surface area contributed by atoms with E-state index in [1.54, 1.807) is 32.0 Å². The Kier molecular flexibility index (Phi) is 7.14. The van der Waals surface area contributed by atoms with Gasteiger partial charge in [-0.3, -0.25) is 14.0 Å². The second kappa shape index (κ2) is 9.82. The van der Waals surface area contributed by atoms with Gasteiger partial charge in [0.05, 0.1) is 19.9 Å². The fourth-order valence-electron chi connectivity index (χ4n) is 3.07. The minimum Gasteiger partial charge on any atom is -0.497 e. The molecule has 10 heteroatoms. The number of hydrogen-bond acceptors (Lipinski definition) is 8. The van der Waals surface area contributed by atoms with E-state index in [1.807, 2.05) is 12.3 Å². The second-order valence-electron chi connectivity index (χ2n) is 7.48. The van der Waals surface area contributed by atoms with Crippen molar-refractivity contribution in [1.82, 2.24) is 14.7 Å². The van der Waals surface area contributed by atoms with Crippen LogP contribution in [0.5, 0.6) is 11.5 Å². The molecular weight excluding hydrogens is 434 g/mol. The Morgan fingerprint density at radius 3 is 2.38 bits per heavy atom. The normalized spacial score (nSPS) is 11.9. The lowest BCUT2D eigenvalue weighted by atomic mass is 10.0. The summed E-state index contributed by atoms with van der Waals surface area (Å²) in [6, 6.07) is 5.19. The first-order chi connectivity index (χ1) is 15.2. The molecule has 0 saturated carbocycles. The highest BCUT2D eigenvalue weighted by atomic mass is 32.1. The predicted molar refractivity (Wildman–Crippen MR) is 120 cm³/mol. The Labute approximate surface area is 189 Å². The van der Waals surface area contributed by atoms with E-state index in [0.29, 0.717) is 22.2 Å². The van der Waals surface area contributed by atoms with Crippen LogP contribution in [-0.4, -0.2) is 41.5 Å². The van der Waals surface area contributed by atoms with Gasteiger partial charge in [0, 0.05) is 28.8 Å². The number of nitrogens with zero attached hydrogens (tertiary/aromatic N) is 2. The van der Waals surface area contributed by atoms with Gasteiger partial charge in [0.15, 0.2) is 4.96 Å². The van der Waals surface area contributed by atoms with Gasteiger partial charge < -0.3 is 19.5 Å². The number of ether oxygens (including phenoxy) is 3. The Hall–Kier alpha value is -3.40. The summed E-state index contributed by atoms with van der Waals surface area (Å²) in [5.74, 6) is -0.415. The van der Waals surface area contributed by atoms with Crippen molar-refractivity contribution in [3.8, 4) is 11.5 Å². The lowest BCUT2D eigenvalue weighted by Crippen LogP contribution is -2.45. The van der Waals surface area contributed by atoms with Crippen molar-refractivity contribution in [3.05, 3.63) is 57.0 Å². The first kappa shape index (κ1) is 23.3. The number of fused-ring (bicyclic) bond motifs is 1. The molecule has 0 radical (unpaired) electrons. The number of aryl methyl sites for hydroxylation is 1. The van der Waals surface area contributed by atoms with E-state index in [2.05, 4.69) is 10.3 Å². The number of rotatable bonds is 8. The van der Waals surface area contributed by atoms with E-state index < -0.39 is 17.9 Å². The second-order valence-corrected chi connectivity index (χ2v) is 8.32. The summed E-state index contributed by atoms with van der Waals surface area (Å²) in [5, 5.41) is 4.54. The molecule has 0 aliphatic heterocycles. The molecule has 32 heavy (non-hydrogen) atoms. The molecule has 3 aromatic rings. The Morgan fingerprint density at radius 2 is 1.78 bits per heavy atom. The molecule has 3 rings (SSSR count). The molecule has 1 amide bonds. The van der Waals surface area contributed by atoms with E-state index in [4.69, 9.17) is 14.2 Å². The summed E-state index contributed by atoms with van der Waals surface area (Å²) in [5.41, 5.74) is 1.19. The van der Waals surface area contributed by atoms with Crippen molar-refractivity contribution in [3.63, 3.8) is 0 Å². The zero-order valence-corrected chi connectivity index (χ0v) is 19.3. The molecule has 0 saturated heterocycles. The number of methoxy groups -OCH3 is 2. The molecule has 1 aromatic carbocycles. The van der Waals surface area contributed by atoms with Gasteiger partial charge in [-0.1, -0.05) is 13.8 Å². The van der Waals surface area contributed by atoms with Crippen LogP contribution in [-0.2, 0) is 16.1 Å². The maximum Gasteiger partial charge on any atom is 0.329 e. The van der Waals surface area contributed by atoms with Crippen LogP contribution in [0.25, 0.3) is 4.96 Å². The van der Waals surface area contributed by atoms with Gasteiger partial charge in [0.2, 0.25) is 0 Å². The summed E-state index contributed by atoms with van der Waals surface area (Å²) in [4.78, 5) is 42.7. The SMILES string of the molecule is COc1cc(OC)cc(C(=O)N[C@H](C(=O)OCc2cc(=O)n3c(C)csc3n2)C(C)C)c1. The molecule has 0 bridgehead atoms. The summed E-state index contributed by atoms with van der Waals surface area (Å²) in [7, 11) is 2.97. The molecule has 2 heterocycles. The fourth-order valence-corrected chi connectivity index (χ4v) is 3.96.